The molecule has 0 spiro atoms. The SMILES string of the molecule is NC(=O)C1(NC(=O)CSc2ccc(C(F)(F)F)cc2[N+](=O)[O-])CCCCC1. The molecule has 0 bridgehead atoms. The fourth-order valence-electron chi connectivity index (χ4n) is 2.99. The van der Waals surface area contributed by atoms with Crippen molar-refractivity contribution in [2.45, 2.75) is 48.7 Å². The van der Waals surface area contributed by atoms with Gasteiger partial charge in [0.05, 0.1) is 21.1 Å². The highest BCUT2D eigenvalue weighted by atomic mass is 32.2. The summed E-state index contributed by atoms with van der Waals surface area (Å²) in [5, 5.41) is 13.7. The first-order valence-corrected chi connectivity index (χ1v) is 9.13. The molecule has 2 rings (SSSR count). The van der Waals surface area contributed by atoms with Crippen molar-refractivity contribution >= 4 is 29.3 Å². The largest absolute Gasteiger partial charge is 0.416 e. The third-order valence-electron chi connectivity index (χ3n) is 4.40. The number of nitrogens with zero attached hydrogens (tertiary/aromatic N) is 1. The topological polar surface area (TPSA) is 115 Å². The van der Waals surface area contributed by atoms with Gasteiger partial charge in [-0.1, -0.05) is 19.3 Å². The van der Waals surface area contributed by atoms with E-state index in [-0.39, 0.29) is 10.6 Å². The summed E-state index contributed by atoms with van der Waals surface area (Å²) in [6.07, 6.45) is -1.47. The maximum Gasteiger partial charge on any atom is 0.416 e. The van der Waals surface area contributed by atoms with Gasteiger partial charge < -0.3 is 11.1 Å². The molecule has 0 radical (unpaired) electrons. The summed E-state index contributed by atoms with van der Waals surface area (Å²) in [7, 11) is 0. The lowest BCUT2D eigenvalue weighted by Crippen LogP contribution is -2.58. The standard InChI is InChI=1S/C16H18F3N3O4S/c17-16(18,19)10-4-5-12(11(8-10)22(25)26)27-9-13(23)21-15(14(20)24)6-2-1-3-7-15/h4-5,8H,1-3,6-7,9H2,(H2,20,24)(H,21,23). The van der Waals surface area contributed by atoms with E-state index in [0.29, 0.717) is 18.9 Å². The van der Waals surface area contributed by atoms with Crippen LogP contribution in [0, 0.1) is 10.1 Å². The van der Waals surface area contributed by atoms with Gasteiger partial charge in [0, 0.05) is 6.07 Å². The van der Waals surface area contributed by atoms with Crippen molar-refractivity contribution < 1.29 is 27.7 Å². The number of hydrogen-bond donors (Lipinski definition) is 2. The molecule has 1 aromatic rings. The van der Waals surface area contributed by atoms with Crippen LogP contribution in [0.4, 0.5) is 18.9 Å². The summed E-state index contributed by atoms with van der Waals surface area (Å²) < 4.78 is 38.2. The highest BCUT2D eigenvalue weighted by molar-refractivity contribution is 8.00. The average molecular weight is 405 g/mol. The number of carbonyl (C=O) groups is 2. The zero-order valence-electron chi connectivity index (χ0n) is 14.2. The molecule has 1 aliphatic carbocycles. The summed E-state index contributed by atoms with van der Waals surface area (Å²) in [4.78, 5) is 34.0. The second kappa shape index (κ2) is 8.15. The number of primary amides is 1. The molecule has 2 amide bonds. The first-order chi connectivity index (χ1) is 12.5. The van der Waals surface area contributed by atoms with E-state index in [9.17, 15) is 32.9 Å². The van der Waals surface area contributed by atoms with E-state index in [0.717, 1.165) is 43.2 Å². The molecule has 0 saturated heterocycles. The van der Waals surface area contributed by atoms with Crippen LogP contribution in [0.2, 0.25) is 0 Å². The van der Waals surface area contributed by atoms with Crippen molar-refractivity contribution in [3.05, 3.63) is 33.9 Å². The molecule has 1 aromatic carbocycles. The van der Waals surface area contributed by atoms with Crippen LogP contribution in [0.15, 0.2) is 23.1 Å². The Balaban J connectivity index is 2.10. The Bertz CT molecular complexity index is 749. The van der Waals surface area contributed by atoms with Crippen LogP contribution in [-0.4, -0.2) is 28.0 Å². The molecule has 11 heteroatoms. The molecule has 27 heavy (non-hydrogen) atoms. The van der Waals surface area contributed by atoms with Gasteiger partial charge in [-0.3, -0.25) is 19.7 Å². The van der Waals surface area contributed by atoms with Gasteiger partial charge in [-0.25, -0.2) is 0 Å². The number of benzene rings is 1. The number of amides is 2. The summed E-state index contributed by atoms with van der Waals surface area (Å²) >= 11 is 0.729. The number of alkyl halides is 3. The van der Waals surface area contributed by atoms with E-state index in [2.05, 4.69) is 5.32 Å². The summed E-state index contributed by atoms with van der Waals surface area (Å²) in [6, 6.07) is 2.12. The van der Waals surface area contributed by atoms with Crippen LogP contribution in [-0.2, 0) is 15.8 Å². The fourth-order valence-corrected chi connectivity index (χ4v) is 3.80. The highest BCUT2D eigenvalue weighted by Crippen LogP contribution is 2.36. The molecule has 0 heterocycles. The maximum atomic E-state index is 12.7. The number of carbonyl (C=O) groups excluding carboxylic acids is 2. The summed E-state index contributed by atoms with van der Waals surface area (Å²) in [6.45, 7) is 0. The third kappa shape index (κ3) is 5.12. The first kappa shape index (κ1) is 21.0. The Hall–Kier alpha value is -2.30. The fraction of sp³-hybridized carbons (Fsp3) is 0.500. The number of nitro benzene ring substituents is 1. The van der Waals surface area contributed by atoms with Gasteiger partial charge in [0.25, 0.3) is 5.69 Å². The third-order valence-corrected chi connectivity index (χ3v) is 5.46. The Kier molecular flexibility index (Phi) is 6.34. The second-order valence-corrected chi connectivity index (χ2v) is 7.30. The van der Waals surface area contributed by atoms with Gasteiger partial charge in [-0.15, -0.1) is 11.8 Å². The lowest BCUT2D eigenvalue weighted by atomic mass is 9.81. The van der Waals surface area contributed by atoms with E-state index >= 15 is 0 Å². The van der Waals surface area contributed by atoms with Crippen LogP contribution in [0.5, 0.6) is 0 Å². The minimum absolute atomic E-state index is 0.0695. The highest BCUT2D eigenvalue weighted by Gasteiger charge is 2.39. The molecule has 3 N–H and O–H groups in total. The zero-order valence-corrected chi connectivity index (χ0v) is 15.0. The van der Waals surface area contributed by atoms with Crippen molar-refractivity contribution in [2.75, 3.05) is 5.75 Å². The number of nitrogens with two attached hydrogens (primary N) is 1. The smallest absolute Gasteiger partial charge is 0.368 e. The summed E-state index contributed by atoms with van der Waals surface area (Å²) in [5.41, 5.74) is 2.41. The van der Waals surface area contributed by atoms with Crippen molar-refractivity contribution in [1.82, 2.24) is 5.32 Å². The van der Waals surface area contributed by atoms with Crippen molar-refractivity contribution in [2.24, 2.45) is 5.73 Å². The van der Waals surface area contributed by atoms with Crippen LogP contribution >= 0.6 is 11.8 Å². The van der Waals surface area contributed by atoms with Gasteiger partial charge in [-0.05, 0) is 25.0 Å². The maximum absolute atomic E-state index is 12.7. The molecular formula is C16H18F3N3O4S. The summed E-state index contributed by atoms with van der Waals surface area (Å²) in [5.74, 6) is -1.49. The van der Waals surface area contributed by atoms with E-state index in [1.807, 2.05) is 0 Å². The quantitative estimate of drug-likeness (QED) is 0.429. The monoisotopic (exact) mass is 405 g/mol. The Morgan fingerprint density at radius 1 is 1.26 bits per heavy atom. The van der Waals surface area contributed by atoms with Crippen molar-refractivity contribution in [3.8, 4) is 0 Å². The zero-order chi connectivity index (χ0) is 20.2. The minimum Gasteiger partial charge on any atom is -0.368 e. The van der Waals surface area contributed by atoms with Crippen LogP contribution in [0.1, 0.15) is 37.7 Å². The average Bonchev–Trinajstić information content (AvgIpc) is 2.59. The van der Waals surface area contributed by atoms with Gasteiger partial charge in [0.1, 0.15) is 5.54 Å². The lowest BCUT2D eigenvalue weighted by molar-refractivity contribution is -0.388. The molecule has 1 saturated carbocycles. The number of nitrogens with one attached hydrogen (secondary N) is 1. The number of halogens is 3. The van der Waals surface area contributed by atoms with E-state index < -0.39 is 39.7 Å². The number of nitro groups is 1. The molecule has 0 aromatic heterocycles. The van der Waals surface area contributed by atoms with Gasteiger partial charge >= 0.3 is 6.18 Å². The Labute approximate surface area is 157 Å². The van der Waals surface area contributed by atoms with E-state index in [1.165, 1.54) is 0 Å². The Morgan fingerprint density at radius 2 is 1.89 bits per heavy atom. The Morgan fingerprint density at radius 3 is 2.41 bits per heavy atom. The molecule has 148 valence electrons. The molecule has 1 aliphatic rings. The number of thioether (sulfide) groups is 1. The van der Waals surface area contributed by atoms with Gasteiger partial charge in [0.2, 0.25) is 11.8 Å². The predicted molar refractivity (Wildman–Crippen MR) is 92.0 cm³/mol. The first-order valence-electron chi connectivity index (χ1n) is 8.14. The molecule has 7 nitrogen and oxygen atoms in total. The van der Waals surface area contributed by atoms with Crippen molar-refractivity contribution in [3.63, 3.8) is 0 Å². The van der Waals surface area contributed by atoms with Crippen molar-refractivity contribution in [1.29, 1.82) is 0 Å². The van der Waals surface area contributed by atoms with Gasteiger partial charge in [-0.2, -0.15) is 13.2 Å². The number of hydrogen-bond acceptors (Lipinski definition) is 5. The molecule has 0 atom stereocenters. The normalized spacial score (nSPS) is 16.6. The molecule has 0 unspecified atom stereocenters. The molecule has 1 fully saturated rings. The van der Waals surface area contributed by atoms with Gasteiger partial charge in [0.15, 0.2) is 0 Å². The van der Waals surface area contributed by atoms with E-state index in [1.54, 1.807) is 0 Å². The van der Waals surface area contributed by atoms with Crippen LogP contribution in [0.25, 0.3) is 0 Å². The number of rotatable bonds is 6. The van der Waals surface area contributed by atoms with Crippen LogP contribution < -0.4 is 11.1 Å². The van der Waals surface area contributed by atoms with E-state index in [4.69, 9.17) is 5.73 Å². The minimum atomic E-state index is -4.71. The second-order valence-electron chi connectivity index (χ2n) is 6.28. The predicted octanol–water partition coefficient (Wildman–Crippen LogP) is 3.01. The molecular weight excluding hydrogens is 387 g/mol. The lowest BCUT2D eigenvalue weighted by Gasteiger charge is -2.35. The molecule has 0 aliphatic heterocycles. The van der Waals surface area contributed by atoms with Crippen LogP contribution in [0.3, 0.4) is 0 Å².